The molecule has 1 N–H and O–H groups in total. The van der Waals surface area contributed by atoms with Gasteiger partial charge in [-0.05, 0) is 12.1 Å². The number of nitrogens with one attached hydrogen (secondary N) is 1. The first-order valence-corrected chi connectivity index (χ1v) is 3.25. The molecule has 2 aromatic rings. The van der Waals surface area contributed by atoms with Gasteiger partial charge in [0, 0.05) is 6.20 Å². The van der Waals surface area contributed by atoms with Gasteiger partial charge in [-0.15, -0.1) is 5.10 Å². The van der Waals surface area contributed by atoms with Gasteiger partial charge in [0.2, 0.25) is 5.88 Å². The molecule has 0 unspecified atom stereocenters. The smallest absolute Gasteiger partial charge is 0.241 e. The number of methoxy groups -OCH3 is 1. The number of H-pyrrole nitrogens is 1. The Labute approximate surface area is 63.2 Å². The fraction of sp³-hybridized carbons (Fsp3) is 0.143. The first kappa shape index (κ1) is 6.15. The van der Waals surface area contributed by atoms with Crippen molar-refractivity contribution in [1.82, 2.24) is 15.2 Å². The Balaban J connectivity index is 2.76. The zero-order chi connectivity index (χ0) is 7.68. The molecule has 0 radical (unpaired) electrons. The SMILES string of the molecule is COc1n[nH]c2ncccc12. The van der Waals surface area contributed by atoms with Crippen LogP contribution in [0.15, 0.2) is 18.3 Å². The van der Waals surface area contributed by atoms with Gasteiger partial charge in [-0.2, -0.15) is 0 Å². The van der Waals surface area contributed by atoms with Crippen molar-refractivity contribution < 1.29 is 4.74 Å². The molecule has 0 aliphatic carbocycles. The van der Waals surface area contributed by atoms with Crippen LogP contribution in [0.3, 0.4) is 0 Å². The van der Waals surface area contributed by atoms with E-state index in [4.69, 9.17) is 4.74 Å². The number of fused-ring (bicyclic) bond motifs is 1. The summed E-state index contributed by atoms with van der Waals surface area (Å²) in [7, 11) is 1.59. The van der Waals surface area contributed by atoms with Gasteiger partial charge in [0.15, 0.2) is 5.65 Å². The minimum absolute atomic E-state index is 0.591. The van der Waals surface area contributed by atoms with Crippen molar-refractivity contribution in [3.8, 4) is 5.88 Å². The number of hydrogen-bond donors (Lipinski definition) is 1. The topological polar surface area (TPSA) is 50.8 Å². The maximum atomic E-state index is 4.99. The molecule has 4 nitrogen and oxygen atoms in total. The van der Waals surface area contributed by atoms with Gasteiger partial charge in [-0.3, -0.25) is 5.10 Å². The molecule has 0 amide bonds. The normalized spacial score (nSPS) is 10.3. The summed E-state index contributed by atoms with van der Waals surface area (Å²) in [6, 6.07) is 3.76. The van der Waals surface area contributed by atoms with E-state index in [1.54, 1.807) is 13.3 Å². The zero-order valence-corrected chi connectivity index (χ0v) is 6.03. The number of rotatable bonds is 1. The van der Waals surface area contributed by atoms with Crippen molar-refractivity contribution in [2.75, 3.05) is 7.11 Å². The van der Waals surface area contributed by atoms with E-state index >= 15 is 0 Å². The van der Waals surface area contributed by atoms with Gasteiger partial charge in [0.05, 0.1) is 12.5 Å². The molecule has 0 atom stereocenters. The van der Waals surface area contributed by atoms with Crippen molar-refractivity contribution in [2.24, 2.45) is 0 Å². The lowest BCUT2D eigenvalue weighted by molar-refractivity contribution is 0.401. The van der Waals surface area contributed by atoms with E-state index in [1.807, 2.05) is 12.1 Å². The summed E-state index contributed by atoms with van der Waals surface area (Å²) in [5.74, 6) is 0.591. The Morgan fingerprint density at radius 1 is 1.55 bits per heavy atom. The van der Waals surface area contributed by atoms with Crippen LogP contribution in [0.1, 0.15) is 0 Å². The molecule has 0 saturated heterocycles. The molecule has 0 aliphatic heterocycles. The van der Waals surface area contributed by atoms with Crippen LogP contribution < -0.4 is 4.74 Å². The first-order chi connectivity index (χ1) is 5.42. The molecule has 0 aromatic carbocycles. The van der Waals surface area contributed by atoms with Gasteiger partial charge in [-0.25, -0.2) is 4.98 Å². The zero-order valence-electron chi connectivity index (χ0n) is 6.03. The number of aromatic amines is 1. The molecule has 0 spiro atoms. The highest BCUT2D eigenvalue weighted by atomic mass is 16.5. The van der Waals surface area contributed by atoms with E-state index in [2.05, 4.69) is 15.2 Å². The number of nitrogens with zero attached hydrogens (tertiary/aromatic N) is 2. The largest absolute Gasteiger partial charge is 0.479 e. The van der Waals surface area contributed by atoms with Crippen LogP contribution in [-0.4, -0.2) is 22.3 Å². The second-order valence-corrected chi connectivity index (χ2v) is 2.13. The summed E-state index contributed by atoms with van der Waals surface area (Å²) < 4.78 is 4.99. The van der Waals surface area contributed by atoms with Gasteiger partial charge in [0.25, 0.3) is 0 Å². The summed E-state index contributed by atoms with van der Waals surface area (Å²) in [6.07, 6.45) is 1.71. The third-order valence-corrected chi connectivity index (χ3v) is 1.49. The number of ether oxygens (including phenoxy) is 1. The van der Waals surface area contributed by atoms with Crippen LogP contribution in [-0.2, 0) is 0 Å². The van der Waals surface area contributed by atoms with Crippen LogP contribution >= 0.6 is 0 Å². The average molecular weight is 149 g/mol. The lowest BCUT2D eigenvalue weighted by Gasteiger charge is -1.90. The quantitative estimate of drug-likeness (QED) is 0.657. The van der Waals surface area contributed by atoms with Crippen molar-refractivity contribution in [3.63, 3.8) is 0 Å². The van der Waals surface area contributed by atoms with Crippen molar-refractivity contribution in [3.05, 3.63) is 18.3 Å². The summed E-state index contributed by atoms with van der Waals surface area (Å²) in [4.78, 5) is 4.05. The Hall–Kier alpha value is -1.58. The highest BCUT2D eigenvalue weighted by Crippen LogP contribution is 2.18. The Bertz CT molecular complexity index is 368. The molecule has 11 heavy (non-hydrogen) atoms. The fourth-order valence-electron chi connectivity index (χ4n) is 0.987. The van der Waals surface area contributed by atoms with Crippen molar-refractivity contribution in [1.29, 1.82) is 0 Å². The highest BCUT2D eigenvalue weighted by Gasteiger charge is 2.03. The standard InChI is InChI=1S/C7H7N3O/c1-11-7-5-3-2-4-8-6(5)9-10-7/h2-4H,1H3,(H,8,9,10). The maximum Gasteiger partial charge on any atom is 0.241 e. The predicted octanol–water partition coefficient (Wildman–Crippen LogP) is 0.966. The van der Waals surface area contributed by atoms with Crippen LogP contribution in [0.5, 0.6) is 5.88 Å². The maximum absolute atomic E-state index is 4.99. The van der Waals surface area contributed by atoms with E-state index in [9.17, 15) is 0 Å². The molecule has 4 heteroatoms. The van der Waals surface area contributed by atoms with Crippen LogP contribution in [0, 0.1) is 0 Å². The molecule has 0 aliphatic rings. The lowest BCUT2D eigenvalue weighted by Crippen LogP contribution is -1.81. The van der Waals surface area contributed by atoms with Crippen molar-refractivity contribution >= 4 is 11.0 Å². The number of aromatic nitrogens is 3. The van der Waals surface area contributed by atoms with E-state index in [1.165, 1.54) is 0 Å². The second kappa shape index (κ2) is 2.23. The third kappa shape index (κ3) is 0.832. The van der Waals surface area contributed by atoms with Crippen LogP contribution in [0.2, 0.25) is 0 Å². The molecule has 0 saturated carbocycles. The molecular weight excluding hydrogens is 142 g/mol. The van der Waals surface area contributed by atoms with E-state index in [-0.39, 0.29) is 0 Å². The summed E-state index contributed by atoms with van der Waals surface area (Å²) in [5, 5.41) is 7.57. The Kier molecular flexibility index (Phi) is 1.25. The van der Waals surface area contributed by atoms with E-state index in [0.717, 1.165) is 11.0 Å². The predicted molar refractivity (Wildman–Crippen MR) is 40.4 cm³/mol. The Morgan fingerprint density at radius 2 is 2.45 bits per heavy atom. The third-order valence-electron chi connectivity index (χ3n) is 1.49. The summed E-state index contributed by atoms with van der Waals surface area (Å²) in [5.41, 5.74) is 0.754. The van der Waals surface area contributed by atoms with E-state index < -0.39 is 0 Å². The first-order valence-electron chi connectivity index (χ1n) is 3.25. The Morgan fingerprint density at radius 3 is 3.27 bits per heavy atom. The van der Waals surface area contributed by atoms with Crippen molar-refractivity contribution in [2.45, 2.75) is 0 Å². The minimum atomic E-state index is 0.591. The van der Waals surface area contributed by atoms with E-state index in [0.29, 0.717) is 5.88 Å². The minimum Gasteiger partial charge on any atom is -0.479 e. The average Bonchev–Trinajstić information content (AvgIpc) is 2.47. The fourth-order valence-corrected chi connectivity index (χ4v) is 0.987. The summed E-state index contributed by atoms with van der Waals surface area (Å²) in [6.45, 7) is 0. The van der Waals surface area contributed by atoms with Gasteiger partial charge < -0.3 is 4.74 Å². The lowest BCUT2D eigenvalue weighted by atomic mass is 10.3. The summed E-state index contributed by atoms with van der Waals surface area (Å²) >= 11 is 0. The molecule has 2 aromatic heterocycles. The van der Waals surface area contributed by atoms with Crippen LogP contribution in [0.25, 0.3) is 11.0 Å². The molecule has 2 rings (SSSR count). The second-order valence-electron chi connectivity index (χ2n) is 2.13. The van der Waals surface area contributed by atoms with Crippen LogP contribution in [0.4, 0.5) is 0 Å². The number of pyridine rings is 1. The monoisotopic (exact) mass is 149 g/mol. The highest BCUT2D eigenvalue weighted by molar-refractivity contribution is 5.80. The molecule has 0 fully saturated rings. The number of hydrogen-bond acceptors (Lipinski definition) is 3. The molecule has 0 bridgehead atoms. The molecule has 56 valence electrons. The molecule has 2 heterocycles. The van der Waals surface area contributed by atoms with Gasteiger partial charge in [-0.1, -0.05) is 0 Å². The van der Waals surface area contributed by atoms with Gasteiger partial charge in [0.1, 0.15) is 0 Å². The molecular formula is C7H7N3O. The van der Waals surface area contributed by atoms with Gasteiger partial charge >= 0.3 is 0 Å².